The first kappa shape index (κ1) is 12.3. The maximum atomic E-state index is 11.3. The standard InChI is InChI=1S/C16H13NO3/c18-13-6-3-11(4-7-13)1-2-12-5-8-15-14(9-12)17-16(19)10-20-15/h1-9,18H,10H2,(H,17,19). The molecular formula is C16H13NO3. The lowest BCUT2D eigenvalue weighted by atomic mass is 10.1. The molecule has 0 aromatic heterocycles. The van der Waals surface area contributed by atoms with Gasteiger partial charge in [-0.05, 0) is 35.4 Å². The van der Waals surface area contributed by atoms with E-state index in [1.54, 1.807) is 12.1 Å². The van der Waals surface area contributed by atoms with Gasteiger partial charge in [0.15, 0.2) is 6.61 Å². The minimum Gasteiger partial charge on any atom is -0.508 e. The van der Waals surface area contributed by atoms with Crippen LogP contribution in [-0.2, 0) is 4.79 Å². The van der Waals surface area contributed by atoms with Crippen LogP contribution >= 0.6 is 0 Å². The maximum Gasteiger partial charge on any atom is 0.262 e. The first-order valence-electron chi connectivity index (χ1n) is 6.24. The molecule has 0 aliphatic carbocycles. The largest absolute Gasteiger partial charge is 0.508 e. The van der Waals surface area contributed by atoms with E-state index in [4.69, 9.17) is 4.74 Å². The van der Waals surface area contributed by atoms with Crippen LogP contribution in [-0.4, -0.2) is 17.6 Å². The predicted molar refractivity (Wildman–Crippen MR) is 77.6 cm³/mol. The van der Waals surface area contributed by atoms with Crippen LogP contribution in [0, 0.1) is 0 Å². The number of fused-ring (bicyclic) bond motifs is 1. The minimum atomic E-state index is -0.142. The molecule has 2 N–H and O–H groups in total. The van der Waals surface area contributed by atoms with Gasteiger partial charge in [-0.2, -0.15) is 0 Å². The molecule has 1 aliphatic heterocycles. The van der Waals surface area contributed by atoms with Crippen molar-refractivity contribution in [2.24, 2.45) is 0 Å². The zero-order valence-corrected chi connectivity index (χ0v) is 10.7. The van der Waals surface area contributed by atoms with Crippen LogP contribution in [0.2, 0.25) is 0 Å². The second-order valence-corrected chi connectivity index (χ2v) is 4.52. The minimum absolute atomic E-state index is 0.0652. The SMILES string of the molecule is O=C1COc2ccc(C=Cc3ccc(O)cc3)cc2N1. The van der Waals surface area contributed by atoms with Gasteiger partial charge in [-0.15, -0.1) is 0 Å². The Labute approximate surface area is 116 Å². The van der Waals surface area contributed by atoms with Crippen LogP contribution in [0.3, 0.4) is 0 Å². The molecule has 2 aromatic rings. The molecule has 0 bridgehead atoms. The number of amides is 1. The molecule has 0 radical (unpaired) electrons. The van der Waals surface area contributed by atoms with E-state index >= 15 is 0 Å². The van der Waals surface area contributed by atoms with Crippen molar-refractivity contribution in [1.29, 1.82) is 0 Å². The zero-order valence-electron chi connectivity index (χ0n) is 10.7. The molecule has 1 aliphatic rings. The number of carbonyl (C=O) groups is 1. The Balaban J connectivity index is 1.82. The normalized spacial score (nSPS) is 13.7. The Kier molecular flexibility index (Phi) is 3.13. The summed E-state index contributed by atoms with van der Waals surface area (Å²) in [6.07, 6.45) is 3.88. The van der Waals surface area contributed by atoms with Crippen LogP contribution in [0.5, 0.6) is 11.5 Å². The van der Waals surface area contributed by atoms with Gasteiger partial charge in [0.05, 0.1) is 5.69 Å². The molecule has 20 heavy (non-hydrogen) atoms. The molecule has 4 nitrogen and oxygen atoms in total. The quantitative estimate of drug-likeness (QED) is 0.822. The highest BCUT2D eigenvalue weighted by molar-refractivity contribution is 5.95. The first-order valence-corrected chi connectivity index (χ1v) is 6.24. The van der Waals surface area contributed by atoms with Gasteiger partial charge >= 0.3 is 0 Å². The molecular weight excluding hydrogens is 254 g/mol. The average molecular weight is 267 g/mol. The van der Waals surface area contributed by atoms with E-state index in [-0.39, 0.29) is 18.3 Å². The van der Waals surface area contributed by atoms with Gasteiger partial charge in [0.1, 0.15) is 11.5 Å². The van der Waals surface area contributed by atoms with Gasteiger partial charge in [-0.3, -0.25) is 4.79 Å². The number of hydrogen-bond acceptors (Lipinski definition) is 3. The van der Waals surface area contributed by atoms with Crippen LogP contribution in [0.4, 0.5) is 5.69 Å². The van der Waals surface area contributed by atoms with E-state index in [2.05, 4.69) is 5.32 Å². The number of anilines is 1. The lowest BCUT2D eigenvalue weighted by molar-refractivity contribution is -0.118. The Morgan fingerprint density at radius 3 is 2.55 bits per heavy atom. The second kappa shape index (κ2) is 5.09. The van der Waals surface area contributed by atoms with Crippen molar-refractivity contribution >= 4 is 23.7 Å². The molecule has 0 saturated heterocycles. The van der Waals surface area contributed by atoms with E-state index in [0.717, 1.165) is 11.1 Å². The predicted octanol–water partition coefficient (Wildman–Crippen LogP) is 2.89. The average Bonchev–Trinajstić information content (AvgIpc) is 2.46. The van der Waals surface area contributed by atoms with Crippen molar-refractivity contribution in [3.8, 4) is 11.5 Å². The number of rotatable bonds is 2. The van der Waals surface area contributed by atoms with Gasteiger partial charge < -0.3 is 15.2 Å². The summed E-state index contributed by atoms with van der Waals surface area (Å²) in [5.41, 5.74) is 2.64. The van der Waals surface area contributed by atoms with Crippen LogP contribution in [0.15, 0.2) is 42.5 Å². The number of aromatic hydroxyl groups is 1. The summed E-state index contributed by atoms with van der Waals surface area (Å²) in [5.74, 6) is 0.791. The fourth-order valence-corrected chi connectivity index (χ4v) is 1.98. The smallest absolute Gasteiger partial charge is 0.262 e. The molecule has 1 amide bonds. The Morgan fingerprint density at radius 1 is 1.05 bits per heavy atom. The maximum absolute atomic E-state index is 11.3. The number of phenolic OH excluding ortho intramolecular Hbond substituents is 1. The topological polar surface area (TPSA) is 58.6 Å². The molecule has 1 heterocycles. The van der Waals surface area contributed by atoms with Gasteiger partial charge in [0.2, 0.25) is 0 Å². The Bertz CT molecular complexity index is 675. The Hall–Kier alpha value is -2.75. The number of phenols is 1. The summed E-state index contributed by atoms with van der Waals surface area (Å²) in [4.78, 5) is 11.3. The first-order chi connectivity index (χ1) is 9.70. The summed E-state index contributed by atoms with van der Waals surface area (Å²) < 4.78 is 5.30. The van der Waals surface area contributed by atoms with Crippen molar-refractivity contribution in [2.45, 2.75) is 0 Å². The summed E-state index contributed by atoms with van der Waals surface area (Å²) in [6, 6.07) is 12.6. The van der Waals surface area contributed by atoms with E-state index in [0.29, 0.717) is 11.4 Å². The molecule has 0 saturated carbocycles. The van der Waals surface area contributed by atoms with Gasteiger partial charge in [0.25, 0.3) is 5.91 Å². The molecule has 0 atom stereocenters. The van der Waals surface area contributed by atoms with Crippen LogP contribution in [0.1, 0.15) is 11.1 Å². The van der Waals surface area contributed by atoms with E-state index in [9.17, 15) is 9.90 Å². The van der Waals surface area contributed by atoms with E-state index in [1.807, 2.05) is 42.5 Å². The lowest BCUT2D eigenvalue weighted by Gasteiger charge is -2.17. The third-order valence-corrected chi connectivity index (χ3v) is 3.00. The van der Waals surface area contributed by atoms with Gasteiger partial charge in [-0.1, -0.05) is 30.4 Å². The fraction of sp³-hybridized carbons (Fsp3) is 0.0625. The zero-order chi connectivity index (χ0) is 13.9. The number of carbonyl (C=O) groups excluding carboxylic acids is 1. The van der Waals surface area contributed by atoms with E-state index < -0.39 is 0 Å². The molecule has 2 aromatic carbocycles. The summed E-state index contributed by atoms with van der Waals surface area (Å²) in [6.45, 7) is 0.0652. The van der Waals surface area contributed by atoms with Crippen molar-refractivity contribution < 1.29 is 14.6 Å². The summed E-state index contributed by atoms with van der Waals surface area (Å²) in [7, 11) is 0. The molecule has 100 valence electrons. The summed E-state index contributed by atoms with van der Waals surface area (Å²) in [5, 5.41) is 12.0. The fourth-order valence-electron chi connectivity index (χ4n) is 1.98. The Morgan fingerprint density at radius 2 is 1.75 bits per heavy atom. The summed E-state index contributed by atoms with van der Waals surface area (Å²) >= 11 is 0. The molecule has 3 rings (SSSR count). The van der Waals surface area contributed by atoms with Crippen LogP contribution < -0.4 is 10.1 Å². The third kappa shape index (κ3) is 2.64. The molecule has 0 spiro atoms. The highest BCUT2D eigenvalue weighted by Gasteiger charge is 2.15. The van der Waals surface area contributed by atoms with Crippen LogP contribution in [0.25, 0.3) is 12.2 Å². The number of nitrogens with one attached hydrogen (secondary N) is 1. The highest BCUT2D eigenvalue weighted by Crippen LogP contribution is 2.29. The molecule has 0 fully saturated rings. The number of ether oxygens (including phenoxy) is 1. The number of benzene rings is 2. The monoisotopic (exact) mass is 267 g/mol. The number of hydrogen-bond donors (Lipinski definition) is 2. The van der Waals surface area contributed by atoms with Gasteiger partial charge in [-0.25, -0.2) is 0 Å². The molecule has 0 unspecified atom stereocenters. The van der Waals surface area contributed by atoms with Gasteiger partial charge in [0, 0.05) is 0 Å². The molecule has 4 heteroatoms. The van der Waals surface area contributed by atoms with Crippen molar-refractivity contribution in [2.75, 3.05) is 11.9 Å². The van der Waals surface area contributed by atoms with E-state index in [1.165, 1.54) is 0 Å². The van der Waals surface area contributed by atoms with Crippen molar-refractivity contribution in [1.82, 2.24) is 0 Å². The van der Waals surface area contributed by atoms with Crippen molar-refractivity contribution in [3.05, 3.63) is 53.6 Å². The second-order valence-electron chi connectivity index (χ2n) is 4.52. The highest BCUT2D eigenvalue weighted by atomic mass is 16.5. The van der Waals surface area contributed by atoms with Crippen molar-refractivity contribution in [3.63, 3.8) is 0 Å². The third-order valence-electron chi connectivity index (χ3n) is 3.00. The lowest BCUT2D eigenvalue weighted by Crippen LogP contribution is -2.25.